The number of hydrogen-bond acceptors (Lipinski definition) is 2. The van der Waals surface area contributed by atoms with Crippen molar-refractivity contribution < 1.29 is 14.4 Å². The van der Waals surface area contributed by atoms with Crippen LogP contribution in [0.25, 0.3) is 0 Å². The van der Waals surface area contributed by atoms with Gasteiger partial charge in [-0.2, -0.15) is 12.6 Å². The van der Waals surface area contributed by atoms with Crippen LogP contribution in [0.15, 0.2) is 0 Å². The number of thiol groups is 1. The Bertz CT molecular complexity index is 52.5. The minimum Gasteiger partial charge on any atom is -0.326 e. The van der Waals surface area contributed by atoms with Crippen LogP contribution in [-0.2, 0) is 4.57 Å². The predicted molar refractivity (Wildman–Crippen MR) is 37.6 cm³/mol. The highest BCUT2D eigenvalue weighted by molar-refractivity contribution is 7.80. The lowest BCUT2D eigenvalue weighted by molar-refractivity contribution is 0.405. The molecule has 0 fully saturated rings. The van der Waals surface area contributed by atoms with Crippen LogP contribution in [0.2, 0.25) is 0 Å². The maximum Gasteiger partial charge on any atom is 0.314 e. The molecular weight excluding hydrogens is 147 g/mol. The van der Waals surface area contributed by atoms with Crippen LogP contribution in [0.4, 0.5) is 0 Å². The van der Waals surface area contributed by atoms with E-state index in [4.69, 9.17) is 14.4 Å². The van der Waals surface area contributed by atoms with Crippen molar-refractivity contribution in [3.05, 3.63) is 0 Å². The van der Waals surface area contributed by atoms with E-state index in [0.717, 1.165) is 5.75 Å². The molecule has 0 atom stereocenters. The van der Waals surface area contributed by atoms with Crippen molar-refractivity contribution in [1.29, 1.82) is 0 Å². The molecule has 0 bridgehead atoms. The van der Waals surface area contributed by atoms with E-state index in [1.165, 1.54) is 6.42 Å². The van der Waals surface area contributed by atoms with Crippen LogP contribution in [0.1, 0.15) is 13.3 Å². The van der Waals surface area contributed by atoms with Gasteiger partial charge in [0.15, 0.2) is 0 Å². The molecule has 3 nitrogen and oxygen atoms in total. The molecule has 0 radical (unpaired) electrons. The van der Waals surface area contributed by atoms with Crippen molar-refractivity contribution in [3.8, 4) is 0 Å². The Morgan fingerprint density at radius 1 is 1.62 bits per heavy atom. The Balaban J connectivity index is 0. The summed E-state index contributed by atoms with van der Waals surface area (Å²) in [6.07, 6.45) is 1.18. The molecule has 2 N–H and O–H groups in total. The van der Waals surface area contributed by atoms with Crippen LogP contribution in [0, 0.1) is 0 Å². The second kappa shape index (κ2) is 10.5. The summed E-state index contributed by atoms with van der Waals surface area (Å²) in [6.45, 7) is 2.10. The van der Waals surface area contributed by atoms with Gasteiger partial charge in [-0.05, 0) is 12.2 Å². The van der Waals surface area contributed by atoms with Gasteiger partial charge < -0.3 is 9.79 Å². The van der Waals surface area contributed by atoms with E-state index in [2.05, 4.69) is 19.6 Å². The molecule has 52 valence electrons. The third kappa shape index (κ3) is 87.4. The zero-order chi connectivity index (χ0) is 6.99. The maximum absolute atomic E-state index is 8.74. The molecule has 0 saturated carbocycles. The molecule has 5 heteroatoms. The Morgan fingerprint density at radius 3 is 1.75 bits per heavy atom. The molecule has 0 aromatic heterocycles. The van der Waals surface area contributed by atoms with E-state index in [1.807, 2.05) is 0 Å². The van der Waals surface area contributed by atoms with Gasteiger partial charge in [0.2, 0.25) is 0 Å². The van der Waals surface area contributed by atoms with Gasteiger partial charge >= 0.3 is 8.25 Å². The highest BCUT2D eigenvalue weighted by Gasteiger charge is 1.61. The highest BCUT2D eigenvalue weighted by Crippen LogP contribution is 1.98. The van der Waals surface area contributed by atoms with Crippen molar-refractivity contribution in [1.82, 2.24) is 0 Å². The molecule has 0 heterocycles. The lowest BCUT2D eigenvalue weighted by atomic mass is 10.6. The van der Waals surface area contributed by atoms with Crippen molar-refractivity contribution >= 4 is 20.9 Å². The largest absolute Gasteiger partial charge is 0.326 e. The van der Waals surface area contributed by atoms with E-state index in [9.17, 15) is 0 Å². The summed E-state index contributed by atoms with van der Waals surface area (Å²) in [7, 11) is -3.13. The minimum atomic E-state index is -3.13. The summed E-state index contributed by atoms with van der Waals surface area (Å²) in [4.78, 5) is 14.3. The third-order valence-corrected chi connectivity index (χ3v) is 0.671. The maximum atomic E-state index is 8.74. The van der Waals surface area contributed by atoms with Gasteiger partial charge in [0, 0.05) is 0 Å². The van der Waals surface area contributed by atoms with Gasteiger partial charge in [0.05, 0.1) is 0 Å². The first-order valence-corrected chi connectivity index (χ1v) is 4.11. The normalized spacial score (nSPS) is 8.12. The van der Waals surface area contributed by atoms with Crippen LogP contribution >= 0.6 is 20.9 Å². The zero-order valence-corrected chi connectivity index (χ0v) is 6.56. The molecule has 8 heavy (non-hydrogen) atoms. The highest BCUT2D eigenvalue weighted by atomic mass is 32.1. The number of rotatable bonds is 1. The fourth-order valence-electron chi connectivity index (χ4n) is 0. The quantitative estimate of drug-likeness (QED) is 0.388. The second-order valence-corrected chi connectivity index (χ2v) is 2.02. The summed E-state index contributed by atoms with van der Waals surface area (Å²) in [5.41, 5.74) is 0. The zero-order valence-electron chi connectivity index (χ0n) is 4.66. The lowest BCUT2D eigenvalue weighted by Gasteiger charge is -1.67. The Kier molecular flexibility index (Phi) is 14.8. The van der Waals surface area contributed by atoms with Crippen LogP contribution in [0.3, 0.4) is 0 Å². The molecule has 0 aromatic rings. The van der Waals surface area contributed by atoms with Gasteiger partial charge in [-0.1, -0.05) is 6.92 Å². The molecule has 0 aliphatic rings. The van der Waals surface area contributed by atoms with Crippen LogP contribution < -0.4 is 0 Å². The summed E-state index contributed by atoms with van der Waals surface area (Å²) in [5.74, 6) is 1.01. The van der Waals surface area contributed by atoms with Gasteiger partial charge in [-0.3, -0.25) is 4.57 Å². The molecular formula is C3H11O3PS. The fourth-order valence-corrected chi connectivity index (χ4v) is 0. The van der Waals surface area contributed by atoms with Crippen LogP contribution in [0.5, 0.6) is 0 Å². The average Bonchev–Trinajstić information content (AvgIpc) is 1.65. The minimum absolute atomic E-state index is 1.01. The Labute approximate surface area is 55.1 Å². The molecule has 0 aliphatic carbocycles. The van der Waals surface area contributed by atoms with Gasteiger partial charge in [-0.15, -0.1) is 0 Å². The molecule has 0 spiro atoms. The van der Waals surface area contributed by atoms with E-state index in [0.29, 0.717) is 0 Å². The van der Waals surface area contributed by atoms with Crippen molar-refractivity contribution in [2.45, 2.75) is 13.3 Å². The Morgan fingerprint density at radius 2 is 1.75 bits per heavy atom. The van der Waals surface area contributed by atoms with Crippen molar-refractivity contribution in [3.63, 3.8) is 0 Å². The molecule has 0 rings (SSSR count). The summed E-state index contributed by atoms with van der Waals surface area (Å²) < 4.78 is 8.74. The van der Waals surface area contributed by atoms with E-state index in [1.54, 1.807) is 0 Å². The summed E-state index contributed by atoms with van der Waals surface area (Å²) >= 11 is 3.92. The summed E-state index contributed by atoms with van der Waals surface area (Å²) in [6, 6.07) is 0. The lowest BCUT2D eigenvalue weighted by Crippen LogP contribution is -1.56. The molecule has 0 unspecified atom stereocenters. The van der Waals surface area contributed by atoms with Crippen molar-refractivity contribution in [2.75, 3.05) is 5.75 Å². The SMILES string of the molecule is CCCS.O=[PH](O)O. The fraction of sp³-hybridized carbons (Fsp3) is 1.00. The molecule has 0 saturated heterocycles. The first-order valence-electron chi connectivity index (χ1n) is 2.17. The third-order valence-electron chi connectivity index (χ3n) is 0.224. The first kappa shape index (κ1) is 11.3. The molecule has 0 aromatic carbocycles. The van der Waals surface area contributed by atoms with Gasteiger partial charge in [-0.25, -0.2) is 0 Å². The van der Waals surface area contributed by atoms with Crippen LogP contribution in [-0.4, -0.2) is 15.5 Å². The second-order valence-electron chi connectivity index (χ2n) is 1.01. The monoisotopic (exact) mass is 158 g/mol. The topological polar surface area (TPSA) is 57.5 Å². The standard InChI is InChI=1S/C3H8S.H3O3P/c1-2-3-4;1-4(2)3/h4H,2-3H2,1H3;4H,(H2,1,2,3). The number of hydrogen-bond donors (Lipinski definition) is 3. The Hall–Kier alpha value is 0.500. The smallest absolute Gasteiger partial charge is 0.314 e. The van der Waals surface area contributed by atoms with E-state index >= 15 is 0 Å². The van der Waals surface area contributed by atoms with E-state index < -0.39 is 8.25 Å². The average molecular weight is 158 g/mol. The summed E-state index contributed by atoms with van der Waals surface area (Å²) in [5, 5.41) is 0. The first-order chi connectivity index (χ1) is 3.65. The molecule has 0 aliphatic heterocycles. The van der Waals surface area contributed by atoms with Crippen molar-refractivity contribution in [2.24, 2.45) is 0 Å². The predicted octanol–water partition coefficient (Wildman–Crippen LogP) is 0.687. The van der Waals surface area contributed by atoms with Gasteiger partial charge in [0.25, 0.3) is 0 Å². The molecule has 0 amide bonds. The van der Waals surface area contributed by atoms with E-state index in [-0.39, 0.29) is 0 Å². The van der Waals surface area contributed by atoms with Gasteiger partial charge in [0.1, 0.15) is 0 Å².